The van der Waals surface area contributed by atoms with Gasteiger partial charge in [-0.05, 0) is 36.8 Å². The fourth-order valence-electron chi connectivity index (χ4n) is 5.27. The van der Waals surface area contributed by atoms with E-state index < -0.39 is 6.09 Å². The summed E-state index contributed by atoms with van der Waals surface area (Å²) >= 11 is 3.20. The smallest absolute Gasteiger partial charge is 0.407 e. The van der Waals surface area contributed by atoms with Gasteiger partial charge in [-0.25, -0.2) is 9.59 Å². The molecule has 252 valence electrons. The highest BCUT2D eigenvalue weighted by Crippen LogP contribution is 2.23. The van der Waals surface area contributed by atoms with Crippen LogP contribution in [0.2, 0.25) is 0 Å². The van der Waals surface area contributed by atoms with Crippen molar-refractivity contribution in [3.8, 4) is 0 Å². The van der Waals surface area contributed by atoms with Crippen LogP contribution in [-0.2, 0) is 29.0 Å². The lowest BCUT2D eigenvalue weighted by Crippen LogP contribution is -2.43. The fraction of sp³-hybridized carbons (Fsp3) is 0.457. The minimum absolute atomic E-state index is 0.0931. The van der Waals surface area contributed by atoms with Gasteiger partial charge in [0, 0.05) is 56.5 Å². The van der Waals surface area contributed by atoms with E-state index in [9.17, 15) is 14.4 Å². The zero-order valence-corrected chi connectivity index (χ0v) is 29.0. The molecule has 47 heavy (non-hydrogen) atoms. The number of ether oxygens (including phenoxy) is 1. The molecule has 12 heteroatoms. The van der Waals surface area contributed by atoms with Gasteiger partial charge in [0.05, 0.1) is 21.5 Å². The van der Waals surface area contributed by atoms with Crippen LogP contribution >= 0.6 is 23.1 Å². The Kier molecular flexibility index (Phi) is 14.6. The van der Waals surface area contributed by atoms with E-state index in [-0.39, 0.29) is 49.6 Å². The number of rotatable bonds is 17. The number of aliphatic imine (C=N–C) groups is 1. The Morgan fingerprint density at radius 1 is 0.957 bits per heavy atom. The first-order chi connectivity index (χ1) is 22.7. The molecule has 1 aromatic heterocycles. The molecule has 0 saturated carbocycles. The highest BCUT2D eigenvalue weighted by Gasteiger charge is 2.23. The van der Waals surface area contributed by atoms with Gasteiger partial charge in [-0.15, -0.1) is 23.1 Å². The lowest BCUT2D eigenvalue weighted by molar-refractivity contribution is -0.121. The minimum atomic E-state index is -0.484. The number of urea groups is 1. The summed E-state index contributed by atoms with van der Waals surface area (Å²) in [6.45, 7) is 5.19. The zero-order valence-electron chi connectivity index (χ0n) is 27.4. The number of carbonyl (C=O) groups excluding carboxylic acids is 3. The normalized spacial score (nSPS) is 15.4. The Morgan fingerprint density at radius 2 is 1.60 bits per heavy atom. The van der Waals surface area contributed by atoms with Crippen LogP contribution in [0.3, 0.4) is 0 Å². The summed E-state index contributed by atoms with van der Waals surface area (Å²) in [7, 11) is 1.76. The van der Waals surface area contributed by atoms with Gasteiger partial charge in [0.1, 0.15) is 6.61 Å². The van der Waals surface area contributed by atoms with Gasteiger partial charge in [0.2, 0.25) is 5.91 Å². The Hall–Kier alpha value is -3.90. The van der Waals surface area contributed by atoms with Gasteiger partial charge in [-0.3, -0.25) is 14.8 Å². The van der Waals surface area contributed by atoms with Crippen molar-refractivity contribution < 1.29 is 19.1 Å². The number of nitrogens with zero attached hydrogens (tertiary/aromatic N) is 3. The lowest BCUT2D eigenvalue weighted by Gasteiger charge is -2.24. The van der Waals surface area contributed by atoms with E-state index in [1.807, 2.05) is 60.7 Å². The summed E-state index contributed by atoms with van der Waals surface area (Å²) in [5.41, 5.74) is 3.91. The molecule has 0 saturated heterocycles. The van der Waals surface area contributed by atoms with E-state index in [2.05, 4.69) is 34.8 Å². The third-order valence-corrected chi connectivity index (χ3v) is 9.89. The maximum absolute atomic E-state index is 13.1. The Labute approximate surface area is 286 Å². The number of alkyl carbamates (subject to hydrolysis) is 1. The Balaban J connectivity index is 1.30. The maximum Gasteiger partial charge on any atom is 0.407 e. The van der Waals surface area contributed by atoms with Crippen LogP contribution in [0.1, 0.15) is 49.1 Å². The number of hydrogen-bond donors (Lipinski definition) is 3. The van der Waals surface area contributed by atoms with Crippen molar-refractivity contribution in [3.63, 3.8) is 0 Å². The fourth-order valence-corrected chi connectivity index (χ4v) is 6.88. The van der Waals surface area contributed by atoms with Crippen LogP contribution in [0.5, 0.6) is 0 Å². The summed E-state index contributed by atoms with van der Waals surface area (Å²) in [5, 5.41) is 10.2. The highest BCUT2D eigenvalue weighted by molar-refractivity contribution is 8.14. The number of nitrogens with one attached hydrogen (secondary N) is 3. The highest BCUT2D eigenvalue weighted by atomic mass is 32.2. The van der Waals surface area contributed by atoms with Crippen molar-refractivity contribution in [1.82, 2.24) is 25.8 Å². The first kappa shape index (κ1) is 35.9. The second kappa shape index (κ2) is 19.0. The van der Waals surface area contributed by atoms with Crippen LogP contribution < -0.4 is 16.0 Å². The third-order valence-electron chi connectivity index (χ3n) is 7.72. The molecule has 2 aromatic carbocycles. The number of hydrogen-bond acceptors (Lipinski definition) is 8. The quantitative estimate of drug-likeness (QED) is 0.169. The average molecular weight is 679 g/mol. The molecule has 1 unspecified atom stereocenters. The van der Waals surface area contributed by atoms with Crippen molar-refractivity contribution in [2.75, 3.05) is 25.9 Å². The van der Waals surface area contributed by atoms with Crippen LogP contribution in [-0.4, -0.2) is 77.0 Å². The summed E-state index contributed by atoms with van der Waals surface area (Å²) < 4.78 is 5.46. The molecule has 3 atom stereocenters. The van der Waals surface area contributed by atoms with E-state index >= 15 is 0 Å². The number of thiazole rings is 1. The maximum atomic E-state index is 13.1. The predicted molar refractivity (Wildman–Crippen MR) is 190 cm³/mol. The first-order valence-corrected chi connectivity index (χ1v) is 18.0. The number of carbonyl (C=O) groups is 3. The first-order valence-electron chi connectivity index (χ1n) is 16.1. The standard InChI is InChI=1S/C35H46N6O4S2/c1-25(2)33-39-30(23-46-33)21-41(3)34(43)37-17-16-32(42)38-28(18-26-10-6-4-7-11-26)14-15-29(19-27-12-8-5-9-13-27)40-35(44)45-22-31-20-36-24-47-31/h4-13,20,24-25,28-30H,14-19,21-23H2,1-3H3,(H,37,43)(H,38,42)(H,40,44)/t28-,29-,30?/m1/s1. The van der Waals surface area contributed by atoms with Crippen molar-refractivity contribution in [2.45, 2.75) is 70.7 Å². The second-order valence-electron chi connectivity index (χ2n) is 12.1. The molecular formula is C35H46N6O4S2. The summed E-state index contributed by atoms with van der Waals surface area (Å²) in [6, 6.07) is 19.5. The summed E-state index contributed by atoms with van der Waals surface area (Å²) in [5.74, 6) is 1.14. The zero-order chi connectivity index (χ0) is 33.4. The minimum Gasteiger partial charge on any atom is -0.444 e. The molecular weight excluding hydrogens is 633 g/mol. The van der Waals surface area contributed by atoms with Gasteiger partial charge >= 0.3 is 12.1 Å². The van der Waals surface area contributed by atoms with E-state index in [1.54, 1.807) is 35.4 Å². The van der Waals surface area contributed by atoms with Gasteiger partial charge in [-0.1, -0.05) is 74.5 Å². The van der Waals surface area contributed by atoms with Crippen molar-refractivity contribution >= 4 is 46.2 Å². The van der Waals surface area contributed by atoms with E-state index in [0.29, 0.717) is 38.1 Å². The van der Waals surface area contributed by atoms with Gasteiger partial charge in [0.25, 0.3) is 0 Å². The van der Waals surface area contributed by atoms with Gasteiger partial charge in [-0.2, -0.15) is 0 Å². The average Bonchev–Trinajstić information content (AvgIpc) is 3.76. The number of aromatic nitrogens is 1. The molecule has 1 aliphatic rings. The number of thioether (sulfide) groups is 1. The number of likely N-dealkylation sites (N-methyl/N-ethyl adjacent to an activating group) is 1. The lowest BCUT2D eigenvalue weighted by atomic mass is 9.96. The molecule has 0 spiro atoms. The van der Waals surface area contributed by atoms with Crippen LogP contribution in [0, 0.1) is 5.92 Å². The number of amides is 4. The molecule has 0 fully saturated rings. The molecule has 4 amide bonds. The topological polar surface area (TPSA) is 125 Å². The molecule has 0 bridgehead atoms. The van der Waals surface area contributed by atoms with Crippen molar-refractivity contribution in [2.24, 2.45) is 10.9 Å². The van der Waals surface area contributed by atoms with Crippen LogP contribution in [0.4, 0.5) is 9.59 Å². The van der Waals surface area contributed by atoms with Crippen molar-refractivity contribution in [1.29, 1.82) is 0 Å². The number of benzene rings is 2. The van der Waals surface area contributed by atoms with E-state index in [1.165, 1.54) is 11.3 Å². The second-order valence-corrected chi connectivity index (χ2v) is 14.1. The molecule has 0 radical (unpaired) electrons. The monoisotopic (exact) mass is 678 g/mol. The SMILES string of the molecule is CC(C)C1=NC(CN(C)C(=O)NCCC(=O)N[C@H](CC[C@H](Cc2ccccc2)NC(=O)OCc2cncs2)Cc2ccccc2)CS1. The Bertz CT molecular complexity index is 1420. The summed E-state index contributed by atoms with van der Waals surface area (Å²) in [4.78, 5) is 49.8. The third kappa shape index (κ3) is 13.0. The predicted octanol–water partition coefficient (Wildman–Crippen LogP) is 5.69. The van der Waals surface area contributed by atoms with E-state index in [4.69, 9.17) is 9.73 Å². The molecule has 4 rings (SSSR count). The van der Waals surface area contributed by atoms with Crippen LogP contribution in [0.25, 0.3) is 0 Å². The largest absolute Gasteiger partial charge is 0.444 e. The van der Waals surface area contributed by atoms with Gasteiger partial charge < -0.3 is 25.6 Å². The van der Waals surface area contributed by atoms with Crippen molar-refractivity contribution in [3.05, 3.63) is 88.4 Å². The van der Waals surface area contributed by atoms with Crippen LogP contribution in [0.15, 0.2) is 77.4 Å². The molecule has 2 heterocycles. The summed E-state index contributed by atoms with van der Waals surface area (Å²) in [6.07, 6.45) is 3.91. The van der Waals surface area contributed by atoms with E-state index in [0.717, 1.165) is 26.8 Å². The molecule has 10 nitrogen and oxygen atoms in total. The molecule has 0 aliphatic carbocycles. The van der Waals surface area contributed by atoms with Gasteiger partial charge in [0.15, 0.2) is 0 Å². The molecule has 3 N–H and O–H groups in total. The molecule has 1 aliphatic heterocycles. The molecule has 3 aromatic rings. The Morgan fingerprint density at radius 3 is 2.17 bits per heavy atom.